The van der Waals surface area contributed by atoms with E-state index in [2.05, 4.69) is 6.92 Å². The zero-order chi connectivity index (χ0) is 19.5. The molecule has 0 rings (SSSR count). The fourth-order valence-corrected chi connectivity index (χ4v) is 2.90. The van der Waals surface area contributed by atoms with Gasteiger partial charge in [-0.1, -0.05) is 84.0 Å². The van der Waals surface area contributed by atoms with Crippen molar-refractivity contribution in [3.8, 4) is 0 Å². The molecular formula is C22H42O4. The molecule has 0 radical (unpaired) electrons. The number of ether oxygens (including phenoxy) is 2. The van der Waals surface area contributed by atoms with Gasteiger partial charge in [-0.15, -0.1) is 0 Å². The van der Waals surface area contributed by atoms with Crippen LogP contribution in [0.4, 0.5) is 0 Å². The lowest BCUT2D eigenvalue weighted by Crippen LogP contribution is -2.14. The molecule has 4 heteroatoms. The summed E-state index contributed by atoms with van der Waals surface area (Å²) in [5.74, 6) is -0.637. The van der Waals surface area contributed by atoms with Gasteiger partial charge >= 0.3 is 11.9 Å². The first-order chi connectivity index (χ1) is 12.6. The third-order valence-corrected chi connectivity index (χ3v) is 4.41. The quantitative estimate of drug-likeness (QED) is 0.208. The Morgan fingerprint density at radius 3 is 1.54 bits per heavy atom. The molecule has 4 nitrogen and oxygen atoms in total. The van der Waals surface area contributed by atoms with E-state index in [1.807, 2.05) is 0 Å². The second-order valence-electron chi connectivity index (χ2n) is 7.50. The van der Waals surface area contributed by atoms with Crippen LogP contribution in [0.5, 0.6) is 0 Å². The number of carbonyl (C=O) groups excluding carboxylic acids is 2. The number of unbranched alkanes of at least 4 members (excludes halogenated alkanes) is 12. The highest BCUT2D eigenvalue weighted by Gasteiger charge is 2.10. The molecule has 0 fully saturated rings. The molecule has 0 amide bonds. The van der Waals surface area contributed by atoms with Crippen LogP contribution in [0, 0.1) is 0 Å². The van der Waals surface area contributed by atoms with E-state index in [4.69, 9.17) is 9.47 Å². The smallest absolute Gasteiger partial charge is 0.306 e. The maximum atomic E-state index is 11.5. The van der Waals surface area contributed by atoms with E-state index in [-0.39, 0.29) is 30.9 Å². The number of rotatable bonds is 18. The fourth-order valence-electron chi connectivity index (χ4n) is 2.90. The SMILES string of the molecule is CCCCCCCCCCCCCCCOC(=O)CCC(=O)OC(C)C. The van der Waals surface area contributed by atoms with Crippen LogP contribution < -0.4 is 0 Å². The van der Waals surface area contributed by atoms with E-state index < -0.39 is 0 Å². The van der Waals surface area contributed by atoms with Crippen molar-refractivity contribution in [2.45, 2.75) is 123 Å². The molecule has 0 bridgehead atoms. The average molecular weight is 371 g/mol. The summed E-state index contributed by atoms with van der Waals surface area (Å²) in [5, 5.41) is 0. The first kappa shape index (κ1) is 24.9. The molecule has 0 unspecified atom stereocenters. The topological polar surface area (TPSA) is 52.6 Å². The van der Waals surface area contributed by atoms with Crippen LogP contribution in [0.15, 0.2) is 0 Å². The largest absolute Gasteiger partial charge is 0.466 e. The summed E-state index contributed by atoms with van der Waals surface area (Å²) in [5.41, 5.74) is 0. The van der Waals surface area contributed by atoms with Crippen LogP contribution in [-0.2, 0) is 19.1 Å². The van der Waals surface area contributed by atoms with Crippen molar-refractivity contribution in [3.63, 3.8) is 0 Å². The molecular weight excluding hydrogens is 328 g/mol. The van der Waals surface area contributed by atoms with Gasteiger partial charge in [0.05, 0.1) is 25.6 Å². The van der Waals surface area contributed by atoms with Crippen LogP contribution >= 0.6 is 0 Å². The lowest BCUT2D eigenvalue weighted by atomic mass is 10.0. The first-order valence-electron chi connectivity index (χ1n) is 10.9. The summed E-state index contributed by atoms with van der Waals surface area (Å²) in [6.07, 6.45) is 17.0. The number of hydrogen-bond acceptors (Lipinski definition) is 4. The molecule has 154 valence electrons. The molecule has 0 aromatic heterocycles. The minimum Gasteiger partial charge on any atom is -0.466 e. The van der Waals surface area contributed by atoms with Crippen molar-refractivity contribution >= 4 is 11.9 Å². The lowest BCUT2D eigenvalue weighted by molar-refractivity contribution is -0.152. The van der Waals surface area contributed by atoms with Crippen LogP contribution in [0.2, 0.25) is 0 Å². The standard InChI is InChI=1S/C22H42O4/c1-4-5-6-7-8-9-10-11-12-13-14-15-16-19-25-21(23)17-18-22(24)26-20(2)3/h20H,4-19H2,1-3H3. The van der Waals surface area contributed by atoms with E-state index in [0.717, 1.165) is 12.8 Å². The van der Waals surface area contributed by atoms with E-state index in [0.29, 0.717) is 6.61 Å². The van der Waals surface area contributed by atoms with E-state index >= 15 is 0 Å². The minimum atomic E-state index is -0.335. The summed E-state index contributed by atoms with van der Waals surface area (Å²) in [4.78, 5) is 22.9. The van der Waals surface area contributed by atoms with Crippen LogP contribution in [0.1, 0.15) is 117 Å². The minimum absolute atomic E-state index is 0.107. The molecule has 0 saturated heterocycles. The highest BCUT2D eigenvalue weighted by Crippen LogP contribution is 2.12. The van der Waals surface area contributed by atoms with Gasteiger partial charge in [0.2, 0.25) is 0 Å². The molecule has 26 heavy (non-hydrogen) atoms. The third-order valence-electron chi connectivity index (χ3n) is 4.41. The zero-order valence-electron chi connectivity index (χ0n) is 17.5. The Bertz CT molecular complexity index is 339. The summed E-state index contributed by atoms with van der Waals surface area (Å²) in [6.45, 7) is 6.32. The molecule has 0 aliphatic carbocycles. The second-order valence-corrected chi connectivity index (χ2v) is 7.50. The van der Waals surface area contributed by atoms with Gasteiger partial charge in [0, 0.05) is 0 Å². The maximum Gasteiger partial charge on any atom is 0.306 e. The van der Waals surface area contributed by atoms with Crippen molar-refractivity contribution in [3.05, 3.63) is 0 Å². The lowest BCUT2D eigenvalue weighted by Gasteiger charge is -2.08. The molecule has 0 aromatic carbocycles. The monoisotopic (exact) mass is 370 g/mol. The molecule has 0 aliphatic heterocycles. The van der Waals surface area contributed by atoms with Gasteiger partial charge in [-0.25, -0.2) is 0 Å². The van der Waals surface area contributed by atoms with E-state index in [9.17, 15) is 9.59 Å². The normalized spacial score (nSPS) is 10.9. The molecule has 0 heterocycles. The van der Waals surface area contributed by atoms with E-state index in [1.165, 1.54) is 70.6 Å². The van der Waals surface area contributed by atoms with Gasteiger partial charge in [0.15, 0.2) is 0 Å². The number of esters is 2. The number of carbonyl (C=O) groups is 2. The zero-order valence-corrected chi connectivity index (χ0v) is 17.5. The summed E-state index contributed by atoms with van der Waals surface area (Å²) < 4.78 is 10.1. The summed E-state index contributed by atoms with van der Waals surface area (Å²) >= 11 is 0. The van der Waals surface area contributed by atoms with E-state index in [1.54, 1.807) is 13.8 Å². The summed E-state index contributed by atoms with van der Waals surface area (Å²) in [6, 6.07) is 0. The maximum absolute atomic E-state index is 11.5. The predicted molar refractivity (Wildman–Crippen MR) is 107 cm³/mol. The molecule has 0 saturated carbocycles. The van der Waals surface area contributed by atoms with Gasteiger partial charge < -0.3 is 9.47 Å². The van der Waals surface area contributed by atoms with Gasteiger partial charge in [-0.05, 0) is 20.3 Å². The highest BCUT2D eigenvalue weighted by atomic mass is 16.5. The van der Waals surface area contributed by atoms with Crippen molar-refractivity contribution in [1.29, 1.82) is 0 Å². The fraction of sp³-hybridized carbons (Fsp3) is 0.909. The Hall–Kier alpha value is -1.06. The van der Waals surface area contributed by atoms with Gasteiger partial charge in [-0.2, -0.15) is 0 Å². The van der Waals surface area contributed by atoms with Crippen molar-refractivity contribution in [2.75, 3.05) is 6.61 Å². The van der Waals surface area contributed by atoms with Crippen molar-refractivity contribution in [2.24, 2.45) is 0 Å². The Morgan fingerprint density at radius 1 is 0.654 bits per heavy atom. The van der Waals surface area contributed by atoms with Gasteiger partial charge in [0.25, 0.3) is 0 Å². The number of hydrogen-bond donors (Lipinski definition) is 0. The Labute approximate surface area is 161 Å². The van der Waals surface area contributed by atoms with Gasteiger partial charge in [-0.3, -0.25) is 9.59 Å². The highest BCUT2D eigenvalue weighted by molar-refractivity contribution is 5.77. The van der Waals surface area contributed by atoms with Crippen molar-refractivity contribution in [1.82, 2.24) is 0 Å². The molecule has 0 spiro atoms. The van der Waals surface area contributed by atoms with Crippen LogP contribution in [-0.4, -0.2) is 24.6 Å². The molecule has 0 N–H and O–H groups in total. The van der Waals surface area contributed by atoms with Crippen LogP contribution in [0.25, 0.3) is 0 Å². The summed E-state index contributed by atoms with van der Waals surface area (Å²) in [7, 11) is 0. The Kier molecular flexibility index (Phi) is 18.0. The first-order valence-corrected chi connectivity index (χ1v) is 10.9. The molecule has 0 aliphatic rings. The Balaban J connectivity index is 3.23. The average Bonchev–Trinajstić information content (AvgIpc) is 2.59. The Morgan fingerprint density at radius 2 is 1.08 bits per heavy atom. The predicted octanol–water partition coefficient (Wildman–Crippen LogP) is 6.35. The second kappa shape index (κ2) is 18.7. The van der Waals surface area contributed by atoms with Gasteiger partial charge in [0.1, 0.15) is 0 Å². The third kappa shape index (κ3) is 19.3. The molecule has 0 aromatic rings. The van der Waals surface area contributed by atoms with Crippen molar-refractivity contribution < 1.29 is 19.1 Å². The molecule has 0 atom stereocenters. The van der Waals surface area contributed by atoms with Crippen LogP contribution in [0.3, 0.4) is 0 Å².